The van der Waals surface area contributed by atoms with E-state index in [1.807, 2.05) is 12.1 Å². The number of rotatable bonds is 4. The van der Waals surface area contributed by atoms with Crippen LogP contribution in [0.4, 0.5) is 0 Å². The molecule has 19 heavy (non-hydrogen) atoms. The Hall–Kier alpha value is -0.820. The average Bonchev–Trinajstić information content (AvgIpc) is 2.99. The molecule has 2 aliphatic rings. The topological polar surface area (TPSA) is 62.8 Å². The second-order valence-electron chi connectivity index (χ2n) is 4.91. The van der Waals surface area contributed by atoms with Gasteiger partial charge in [-0.15, -0.1) is 0 Å². The molecule has 1 aromatic carbocycles. The first-order valence-corrected chi connectivity index (χ1v) is 7.21. The van der Waals surface area contributed by atoms with E-state index in [1.54, 1.807) is 0 Å². The lowest BCUT2D eigenvalue weighted by Crippen LogP contribution is -2.30. The van der Waals surface area contributed by atoms with Gasteiger partial charge in [0.1, 0.15) is 0 Å². The number of hydrogen-bond acceptors (Lipinski definition) is 5. The summed E-state index contributed by atoms with van der Waals surface area (Å²) in [6, 6.07) is 3.92. The average molecular weight is 329 g/mol. The van der Waals surface area contributed by atoms with Crippen molar-refractivity contribution in [2.24, 2.45) is 5.92 Å². The van der Waals surface area contributed by atoms with Crippen LogP contribution >= 0.6 is 15.9 Å². The number of β-amino-alcohol motifs (C(OH)–C–C–N with tert-alkyl or cyclic N) is 1. The molecule has 0 aliphatic carbocycles. The molecule has 0 amide bonds. The normalized spacial score (nSPS) is 24.9. The van der Waals surface area contributed by atoms with Crippen LogP contribution < -0.4 is 20.1 Å². The molecular weight excluding hydrogens is 312 g/mol. The fourth-order valence-electron chi connectivity index (χ4n) is 2.41. The predicted molar refractivity (Wildman–Crippen MR) is 74.3 cm³/mol. The van der Waals surface area contributed by atoms with Crippen LogP contribution in [0.15, 0.2) is 16.6 Å². The van der Waals surface area contributed by atoms with E-state index in [9.17, 15) is 5.11 Å². The monoisotopic (exact) mass is 328 g/mol. The molecule has 0 spiro atoms. The first-order valence-electron chi connectivity index (χ1n) is 6.41. The summed E-state index contributed by atoms with van der Waals surface area (Å²) < 4.78 is 11.7. The van der Waals surface area contributed by atoms with Gasteiger partial charge in [-0.05, 0) is 17.7 Å². The van der Waals surface area contributed by atoms with Gasteiger partial charge in [0.2, 0.25) is 6.79 Å². The molecule has 1 fully saturated rings. The number of halogens is 1. The summed E-state index contributed by atoms with van der Waals surface area (Å²) in [6.45, 7) is 3.39. The summed E-state index contributed by atoms with van der Waals surface area (Å²) in [7, 11) is 0. The van der Waals surface area contributed by atoms with Gasteiger partial charge in [0.25, 0.3) is 0 Å². The minimum absolute atomic E-state index is 0.243. The van der Waals surface area contributed by atoms with Gasteiger partial charge in [-0.2, -0.15) is 0 Å². The van der Waals surface area contributed by atoms with E-state index in [4.69, 9.17) is 9.47 Å². The van der Waals surface area contributed by atoms with Crippen LogP contribution in [0.5, 0.6) is 11.5 Å². The van der Waals surface area contributed by atoms with E-state index in [2.05, 4.69) is 26.6 Å². The lowest BCUT2D eigenvalue weighted by atomic mass is 10.1. The summed E-state index contributed by atoms with van der Waals surface area (Å²) in [5.74, 6) is 1.86. The number of aliphatic hydroxyl groups excluding tert-OH is 1. The van der Waals surface area contributed by atoms with Crippen molar-refractivity contribution >= 4 is 15.9 Å². The quantitative estimate of drug-likeness (QED) is 0.764. The molecule has 0 radical (unpaired) electrons. The molecule has 1 saturated heterocycles. The SMILES string of the molecule is OC1CNCC1CNCc1cc2c(cc1Br)OCO2. The lowest BCUT2D eigenvalue weighted by Gasteiger charge is -2.14. The molecule has 2 unspecified atom stereocenters. The molecule has 1 aromatic rings. The third kappa shape index (κ3) is 2.86. The van der Waals surface area contributed by atoms with E-state index >= 15 is 0 Å². The smallest absolute Gasteiger partial charge is 0.231 e. The number of benzene rings is 1. The van der Waals surface area contributed by atoms with Gasteiger partial charge >= 0.3 is 0 Å². The van der Waals surface area contributed by atoms with Gasteiger partial charge in [-0.1, -0.05) is 15.9 Å². The van der Waals surface area contributed by atoms with Gasteiger partial charge in [0.05, 0.1) is 6.10 Å². The third-order valence-electron chi connectivity index (χ3n) is 3.57. The zero-order valence-electron chi connectivity index (χ0n) is 10.5. The number of hydrogen-bond donors (Lipinski definition) is 3. The van der Waals surface area contributed by atoms with Gasteiger partial charge in [0.15, 0.2) is 11.5 Å². The highest BCUT2D eigenvalue weighted by molar-refractivity contribution is 9.10. The summed E-state index contributed by atoms with van der Waals surface area (Å²) in [5, 5.41) is 16.3. The minimum Gasteiger partial charge on any atom is -0.454 e. The number of ether oxygens (including phenoxy) is 2. The van der Waals surface area contributed by atoms with Crippen LogP contribution in [-0.4, -0.2) is 37.6 Å². The Morgan fingerprint density at radius 1 is 1.32 bits per heavy atom. The maximum absolute atomic E-state index is 9.72. The van der Waals surface area contributed by atoms with Crippen LogP contribution in [-0.2, 0) is 6.54 Å². The van der Waals surface area contributed by atoms with E-state index < -0.39 is 0 Å². The Morgan fingerprint density at radius 3 is 2.84 bits per heavy atom. The van der Waals surface area contributed by atoms with Crippen LogP contribution in [0.2, 0.25) is 0 Å². The van der Waals surface area contributed by atoms with Crippen molar-refractivity contribution in [1.29, 1.82) is 0 Å². The Morgan fingerprint density at radius 2 is 2.11 bits per heavy atom. The zero-order valence-corrected chi connectivity index (χ0v) is 12.1. The molecule has 3 rings (SSSR count). The summed E-state index contributed by atoms with van der Waals surface area (Å²) >= 11 is 3.54. The fraction of sp³-hybridized carbons (Fsp3) is 0.538. The predicted octanol–water partition coefficient (Wildman–Crippen LogP) is 0.848. The second kappa shape index (κ2) is 5.66. The summed E-state index contributed by atoms with van der Waals surface area (Å²) in [5.41, 5.74) is 1.13. The fourth-order valence-corrected chi connectivity index (χ4v) is 2.88. The van der Waals surface area contributed by atoms with Gasteiger partial charge in [-0.3, -0.25) is 0 Å². The molecular formula is C13H17BrN2O3. The first kappa shape index (κ1) is 13.2. The van der Waals surface area contributed by atoms with Crippen LogP contribution in [0.25, 0.3) is 0 Å². The Balaban J connectivity index is 1.58. The van der Waals surface area contributed by atoms with Crippen molar-refractivity contribution in [2.45, 2.75) is 12.6 Å². The van der Waals surface area contributed by atoms with E-state index in [1.165, 1.54) is 0 Å². The van der Waals surface area contributed by atoms with E-state index in [0.717, 1.165) is 41.2 Å². The minimum atomic E-state index is -0.243. The van der Waals surface area contributed by atoms with Crippen molar-refractivity contribution < 1.29 is 14.6 Å². The van der Waals surface area contributed by atoms with Crippen molar-refractivity contribution in [3.05, 3.63) is 22.2 Å². The van der Waals surface area contributed by atoms with Crippen molar-refractivity contribution in [3.63, 3.8) is 0 Å². The van der Waals surface area contributed by atoms with Crippen LogP contribution in [0.1, 0.15) is 5.56 Å². The second-order valence-corrected chi connectivity index (χ2v) is 5.77. The van der Waals surface area contributed by atoms with Crippen LogP contribution in [0.3, 0.4) is 0 Å². The molecule has 3 N–H and O–H groups in total. The van der Waals surface area contributed by atoms with E-state index in [-0.39, 0.29) is 12.0 Å². The molecule has 2 aliphatic heterocycles. The Kier molecular flexibility index (Phi) is 3.93. The summed E-state index contributed by atoms with van der Waals surface area (Å²) in [4.78, 5) is 0. The van der Waals surface area contributed by atoms with Crippen molar-refractivity contribution in [3.8, 4) is 11.5 Å². The molecule has 6 heteroatoms. The Labute approximate surface area is 120 Å². The Bertz CT molecular complexity index is 469. The number of nitrogens with one attached hydrogen (secondary N) is 2. The summed E-state index contributed by atoms with van der Waals surface area (Å²) in [6.07, 6.45) is -0.243. The number of fused-ring (bicyclic) bond motifs is 1. The van der Waals surface area contributed by atoms with Gasteiger partial charge in [-0.25, -0.2) is 0 Å². The standard InChI is InChI=1S/C13H17BrN2O3/c14-10-2-13-12(18-7-19-13)1-8(10)3-15-4-9-5-16-6-11(9)17/h1-2,9,11,15-17H,3-7H2. The third-order valence-corrected chi connectivity index (χ3v) is 4.31. The molecule has 2 atom stereocenters. The van der Waals surface area contributed by atoms with Gasteiger partial charge in [0, 0.05) is 36.6 Å². The van der Waals surface area contributed by atoms with Gasteiger partial charge < -0.3 is 25.2 Å². The van der Waals surface area contributed by atoms with Crippen molar-refractivity contribution in [1.82, 2.24) is 10.6 Å². The molecule has 0 aromatic heterocycles. The first-order chi connectivity index (χ1) is 9.24. The highest BCUT2D eigenvalue weighted by Gasteiger charge is 2.24. The number of aliphatic hydroxyl groups is 1. The highest BCUT2D eigenvalue weighted by Crippen LogP contribution is 2.36. The molecule has 0 saturated carbocycles. The highest BCUT2D eigenvalue weighted by atomic mass is 79.9. The molecule has 104 valence electrons. The van der Waals surface area contributed by atoms with Crippen LogP contribution in [0, 0.1) is 5.92 Å². The van der Waals surface area contributed by atoms with E-state index in [0.29, 0.717) is 13.3 Å². The zero-order chi connectivity index (χ0) is 13.2. The maximum Gasteiger partial charge on any atom is 0.231 e. The largest absolute Gasteiger partial charge is 0.454 e. The maximum atomic E-state index is 9.72. The molecule has 5 nitrogen and oxygen atoms in total. The van der Waals surface area contributed by atoms with Crippen molar-refractivity contribution in [2.75, 3.05) is 26.4 Å². The lowest BCUT2D eigenvalue weighted by molar-refractivity contribution is 0.146. The molecule has 0 bridgehead atoms. The molecule has 2 heterocycles.